The van der Waals surface area contributed by atoms with E-state index in [1.165, 1.54) is 5.56 Å². The molecule has 1 aliphatic carbocycles. The Balaban J connectivity index is 1.55. The fourth-order valence-corrected chi connectivity index (χ4v) is 4.29. The molecule has 3 nitrogen and oxygen atoms in total. The van der Waals surface area contributed by atoms with Gasteiger partial charge in [0.1, 0.15) is 5.69 Å². The molecular weight excluding hydrogens is 427 g/mol. The summed E-state index contributed by atoms with van der Waals surface area (Å²) in [5.74, 6) is 0.0801. The summed E-state index contributed by atoms with van der Waals surface area (Å²) < 4.78 is 0. The Kier molecular flexibility index (Phi) is 6.35. The molecule has 31 heavy (non-hydrogen) atoms. The van der Waals surface area contributed by atoms with E-state index in [4.69, 9.17) is 23.2 Å². The summed E-state index contributed by atoms with van der Waals surface area (Å²) in [4.78, 5) is 16.2. The first-order chi connectivity index (χ1) is 14.9. The topological polar surface area (TPSA) is 44.9 Å². The first-order valence-electron chi connectivity index (χ1n) is 10.3. The standard InChI is InChI=1S/C26H24Cl2N2O/c1-16(11-13-22(28)17(2)27)19-12-14-24(21-9-5-4-8-20(19)21)30-26(31)25-15-18-7-3-6-10-23(18)29-25/h3-11,13,15,19,24,29H,1,12,14H2,2H3,(H,30,31)/b13-11-,22-17-/t19-,24?/m0/s1. The highest BCUT2D eigenvalue weighted by Crippen LogP contribution is 2.41. The molecule has 2 aromatic carbocycles. The van der Waals surface area contributed by atoms with Crippen LogP contribution in [0.15, 0.2) is 89.0 Å². The molecule has 1 heterocycles. The molecule has 2 atom stereocenters. The highest BCUT2D eigenvalue weighted by atomic mass is 35.5. The summed E-state index contributed by atoms with van der Waals surface area (Å²) in [5, 5.41) is 5.30. The van der Waals surface area contributed by atoms with Crippen molar-refractivity contribution in [1.29, 1.82) is 0 Å². The van der Waals surface area contributed by atoms with Gasteiger partial charge in [-0.2, -0.15) is 0 Å². The molecular formula is C26H24Cl2N2O. The second-order valence-corrected chi connectivity index (χ2v) is 8.82. The molecule has 1 aromatic heterocycles. The molecule has 1 aliphatic rings. The third-order valence-corrected chi connectivity index (χ3v) is 6.50. The second kappa shape index (κ2) is 9.17. The van der Waals surface area contributed by atoms with Gasteiger partial charge in [0.15, 0.2) is 0 Å². The Hall–Kier alpha value is -2.75. The molecule has 1 unspecified atom stereocenters. The van der Waals surface area contributed by atoms with E-state index in [2.05, 4.69) is 29.0 Å². The highest BCUT2D eigenvalue weighted by Gasteiger charge is 2.29. The number of para-hydroxylation sites is 1. The number of H-pyrrole nitrogens is 1. The minimum atomic E-state index is -0.0947. The molecule has 0 saturated heterocycles. The Morgan fingerprint density at radius 3 is 2.52 bits per heavy atom. The number of benzene rings is 2. The maximum atomic E-state index is 12.9. The van der Waals surface area contributed by atoms with Crippen molar-refractivity contribution in [3.05, 3.63) is 106 Å². The quantitative estimate of drug-likeness (QED) is 0.392. The first-order valence-corrected chi connectivity index (χ1v) is 11.1. The number of aromatic nitrogens is 1. The number of nitrogens with one attached hydrogen (secondary N) is 2. The van der Waals surface area contributed by atoms with Crippen molar-refractivity contribution in [3.8, 4) is 0 Å². The van der Waals surface area contributed by atoms with Gasteiger partial charge in [-0.15, -0.1) is 0 Å². The van der Waals surface area contributed by atoms with Crippen molar-refractivity contribution < 1.29 is 4.79 Å². The second-order valence-electron chi connectivity index (χ2n) is 7.84. The van der Waals surface area contributed by atoms with E-state index in [-0.39, 0.29) is 17.9 Å². The number of carbonyl (C=O) groups is 1. The zero-order valence-electron chi connectivity index (χ0n) is 17.3. The highest BCUT2D eigenvalue weighted by molar-refractivity contribution is 6.39. The Bertz CT molecular complexity index is 1170. The van der Waals surface area contributed by atoms with Crippen LogP contribution in [0.4, 0.5) is 0 Å². The Labute approximate surface area is 192 Å². The van der Waals surface area contributed by atoms with Crippen molar-refractivity contribution in [2.24, 2.45) is 0 Å². The normalized spacial score (nSPS) is 19.2. The zero-order chi connectivity index (χ0) is 22.0. The van der Waals surface area contributed by atoms with Gasteiger partial charge in [-0.05, 0) is 54.7 Å². The molecule has 0 spiro atoms. The van der Waals surface area contributed by atoms with Crippen LogP contribution < -0.4 is 5.32 Å². The molecule has 0 bridgehead atoms. The molecule has 4 rings (SSSR count). The molecule has 0 radical (unpaired) electrons. The summed E-state index contributed by atoms with van der Waals surface area (Å²) in [6, 6.07) is 18.0. The number of carbonyl (C=O) groups excluding carboxylic acids is 1. The van der Waals surface area contributed by atoms with Gasteiger partial charge < -0.3 is 10.3 Å². The number of hydrogen-bond acceptors (Lipinski definition) is 1. The minimum absolute atomic E-state index is 0.0447. The van der Waals surface area contributed by atoms with Gasteiger partial charge in [0.2, 0.25) is 0 Å². The summed E-state index contributed by atoms with van der Waals surface area (Å²) in [6.07, 6.45) is 5.44. The number of hydrogen-bond donors (Lipinski definition) is 2. The zero-order valence-corrected chi connectivity index (χ0v) is 18.8. The molecule has 3 aromatic rings. The van der Waals surface area contributed by atoms with Gasteiger partial charge in [0.25, 0.3) is 5.91 Å². The van der Waals surface area contributed by atoms with Crippen LogP contribution in [-0.4, -0.2) is 10.9 Å². The van der Waals surface area contributed by atoms with Gasteiger partial charge in [-0.25, -0.2) is 0 Å². The number of fused-ring (bicyclic) bond motifs is 2. The fraction of sp³-hybridized carbons (Fsp3) is 0.192. The number of halogens is 2. The summed E-state index contributed by atoms with van der Waals surface area (Å²) in [5.41, 5.74) is 4.83. The lowest BCUT2D eigenvalue weighted by atomic mass is 9.76. The largest absolute Gasteiger partial charge is 0.351 e. The van der Waals surface area contributed by atoms with E-state index in [1.807, 2.05) is 48.5 Å². The van der Waals surface area contributed by atoms with Crippen molar-refractivity contribution in [3.63, 3.8) is 0 Å². The Morgan fingerprint density at radius 1 is 1.06 bits per heavy atom. The summed E-state index contributed by atoms with van der Waals surface area (Å²) >= 11 is 12.1. The lowest BCUT2D eigenvalue weighted by Crippen LogP contribution is -2.32. The smallest absolute Gasteiger partial charge is 0.268 e. The maximum absolute atomic E-state index is 12.9. The molecule has 0 fully saturated rings. The van der Waals surface area contributed by atoms with Gasteiger partial charge in [0.05, 0.1) is 11.1 Å². The third kappa shape index (κ3) is 4.63. The average molecular weight is 451 g/mol. The number of allylic oxidation sites excluding steroid dienone is 5. The Morgan fingerprint density at radius 2 is 1.77 bits per heavy atom. The van der Waals surface area contributed by atoms with E-state index in [0.717, 1.165) is 34.9 Å². The van der Waals surface area contributed by atoms with Gasteiger partial charge >= 0.3 is 0 Å². The van der Waals surface area contributed by atoms with Crippen LogP contribution in [-0.2, 0) is 0 Å². The molecule has 0 aliphatic heterocycles. The van der Waals surface area contributed by atoms with Crippen LogP contribution in [0.2, 0.25) is 0 Å². The number of aromatic amines is 1. The monoisotopic (exact) mass is 450 g/mol. The van der Waals surface area contributed by atoms with E-state index in [9.17, 15) is 4.79 Å². The van der Waals surface area contributed by atoms with Gasteiger partial charge in [-0.3, -0.25) is 4.79 Å². The molecule has 158 valence electrons. The third-order valence-electron chi connectivity index (χ3n) is 5.79. The lowest BCUT2D eigenvalue weighted by molar-refractivity contribution is 0.0928. The number of amides is 1. The van der Waals surface area contributed by atoms with Crippen LogP contribution in [0.3, 0.4) is 0 Å². The van der Waals surface area contributed by atoms with Crippen molar-refractivity contribution in [1.82, 2.24) is 10.3 Å². The predicted octanol–water partition coefficient (Wildman–Crippen LogP) is 7.34. The SMILES string of the molecule is C=C(/C=C\C(Cl)=C(/C)Cl)[C@@H]1CCC(NC(=O)c2cc3ccccc3[nH]2)c2ccccc21. The molecule has 2 N–H and O–H groups in total. The lowest BCUT2D eigenvalue weighted by Gasteiger charge is -2.32. The molecule has 0 saturated carbocycles. The van der Waals surface area contributed by atoms with Crippen LogP contribution >= 0.6 is 23.2 Å². The van der Waals surface area contributed by atoms with E-state index in [1.54, 1.807) is 13.0 Å². The van der Waals surface area contributed by atoms with Gasteiger partial charge in [-0.1, -0.05) is 78.3 Å². The predicted molar refractivity (Wildman–Crippen MR) is 130 cm³/mol. The minimum Gasteiger partial charge on any atom is -0.351 e. The van der Waals surface area contributed by atoms with Crippen LogP contribution in [0.25, 0.3) is 10.9 Å². The average Bonchev–Trinajstić information content (AvgIpc) is 3.22. The van der Waals surface area contributed by atoms with E-state index >= 15 is 0 Å². The van der Waals surface area contributed by atoms with E-state index < -0.39 is 0 Å². The van der Waals surface area contributed by atoms with E-state index in [0.29, 0.717) is 15.8 Å². The maximum Gasteiger partial charge on any atom is 0.268 e. The van der Waals surface area contributed by atoms with Crippen LogP contribution in [0, 0.1) is 0 Å². The van der Waals surface area contributed by atoms with Crippen molar-refractivity contribution in [2.45, 2.75) is 31.7 Å². The molecule has 5 heteroatoms. The van der Waals surface area contributed by atoms with Crippen molar-refractivity contribution in [2.75, 3.05) is 0 Å². The van der Waals surface area contributed by atoms with Crippen LogP contribution in [0.1, 0.15) is 53.3 Å². The van der Waals surface area contributed by atoms with Crippen LogP contribution in [0.5, 0.6) is 0 Å². The first kappa shape index (κ1) is 21.5. The van der Waals surface area contributed by atoms with Gasteiger partial charge in [0, 0.05) is 21.9 Å². The molecule has 1 amide bonds. The fourth-order valence-electron chi connectivity index (χ4n) is 4.17. The number of rotatable bonds is 5. The summed E-state index contributed by atoms with van der Waals surface area (Å²) in [6.45, 7) is 6.02. The summed E-state index contributed by atoms with van der Waals surface area (Å²) in [7, 11) is 0. The van der Waals surface area contributed by atoms with Crippen molar-refractivity contribution >= 4 is 40.0 Å².